The summed E-state index contributed by atoms with van der Waals surface area (Å²) >= 11 is 0. The third-order valence-electron chi connectivity index (χ3n) is 6.27. The van der Waals surface area contributed by atoms with E-state index in [1.165, 1.54) is 5.56 Å². The van der Waals surface area contributed by atoms with Crippen molar-refractivity contribution in [2.24, 2.45) is 0 Å². The molecule has 0 aliphatic carbocycles. The fraction of sp³-hybridized carbons (Fsp3) is 0.739. The normalized spacial score (nSPS) is 21.1. The maximum Gasteiger partial charge on any atom is 0.161 e. The van der Waals surface area contributed by atoms with E-state index >= 15 is 0 Å². The molecule has 2 heterocycles. The standard InChI is InChI=1S/C23H40N4O3/c1-19(2)27-13-11-25(12-14-27)16-20-5-6-22(29-4)23(15-20)30-18-21(28)17-26-9-7-24(3)8-10-26/h5-6,15,19,21,28H,7-14,16-18H2,1-4H3. The largest absolute Gasteiger partial charge is 0.493 e. The second kappa shape index (κ2) is 11.3. The average molecular weight is 421 g/mol. The number of β-amino-alcohol motifs (C(OH)–C–C–N with tert-alkyl or cyclic N) is 1. The van der Waals surface area contributed by atoms with Crippen LogP contribution in [0, 0.1) is 0 Å². The van der Waals surface area contributed by atoms with E-state index < -0.39 is 6.10 Å². The van der Waals surface area contributed by atoms with Crippen LogP contribution in [-0.4, -0.2) is 117 Å². The summed E-state index contributed by atoms with van der Waals surface area (Å²) in [5, 5.41) is 10.5. The summed E-state index contributed by atoms with van der Waals surface area (Å²) in [4.78, 5) is 9.64. The minimum Gasteiger partial charge on any atom is -0.493 e. The molecular formula is C23H40N4O3. The van der Waals surface area contributed by atoms with E-state index in [2.05, 4.69) is 52.6 Å². The Hall–Kier alpha value is -1.38. The summed E-state index contributed by atoms with van der Waals surface area (Å²) in [5.74, 6) is 1.43. The molecular weight excluding hydrogens is 380 g/mol. The van der Waals surface area contributed by atoms with Crippen LogP contribution < -0.4 is 9.47 Å². The Morgan fingerprint density at radius 2 is 1.60 bits per heavy atom. The highest BCUT2D eigenvalue weighted by molar-refractivity contribution is 5.43. The number of hydrogen-bond donors (Lipinski definition) is 1. The summed E-state index contributed by atoms with van der Waals surface area (Å²) in [6, 6.07) is 6.77. The number of aliphatic hydroxyl groups is 1. The quantitative estimate of drug-likeness (QED) is 0.644. The van der Waals surface area contributed by atoms with E-state index in [0.29, 0.717) is 18.3 Å². The monoisotopic (exact) mass is 420 g/mol. The lowest BCUT2D eigenvalue weighted by atomic mass is 10.1. The molecule has 0 bridgehead atoms. The molecule has 1 N–H and O–H groups in total. The lowest BCUT2D eigenvalue weighted by Gasteiger charge is -2.37. The van der Waals surface area contributed by atoms with Crippen LogP contribution in [0.3, 0.4) is 0 Å². The highest BCUT2D eigenvalue weighted by Gasteiger charge is 2.20. The highest BCUT2D eigenvalue weighted by Crippen LogP contribution is 2.29. The molecule has 3 rings (SSSR count). The first-order chi connectivity index (χ1) is 14.4. The summed E-state index contributed by atoms with van der Waals surface area (Å²) < 4.78 is 11.5. The van der Waals surface area contributed by atoms with Crippen molar-refractivity contribution in [3.8, 4) is 11.5 Å². The molecule has 2 saturated heterocycles. The number of piperazine rings is 2. The molecule has 2 aliphatic rings. The van der Waals surface area contributed by atoms with Gasteiger partial charge < -0.3 is 19.5 Å². The Balaban J connectivity index is 1.50. The van der Waals surface area contributed by atoms with Gasteiger partial charge in [-0.25, -0.2) is 0 Å². The van der Waals surface area contributed by atoms with Crippen LogP contribution in [0.25, 0.3) is 0 Å². The van der Waals surface area contributed by atoms with Gasteiger partial charge in [-0.05, 0) is 38.6 Å². The molecule has 0 radical (unpaired) electrons. The molecule has 1 atom stereocenters. The molecule has 0 saturated carbocycles. The number of methoxy groups -OCH3 is 1. The van der Waals surface area contributed by atoms with Gasteiger partial charge >= 0.3 is 0 Å². The van der Waals surface area contributed by atoms with Gasteiger partial charge in [-0.15, -0.1) is 0 Å². The molecule has 1 aromatic carbocycles. The van der Waals surface area contributed by atoms with E-state index in [1.807, 2.05) is 6.07 Å². The molecule has 2 aliphatic heterocycles. The van der Waals surface area contributed by atoms with E-state index in [9.17, 15) is 5.11 Å². The predicted octanol–water partition coefficient (Wildman–Crippen LogP) is 1.21. The van der Waals surface area contributed by atoms with Crippen LogP contribution in [0.2, 0.25) is 0 Å². The number of rotatable bonds is 9. The molecule has 7 nitrogen and oxygen atoms in total. The van der Waals surface area contributed by atoms with Crippen molar-refractivity contribution in [2.75, 3.05) is 79.7 Å². The van der Waals surface area contributed by atoms with Crippen molar-refractivity contribution < 1.29 is 14.6 Å². The third kappa shape index (κ3) is 6.82. The number of benzene rings is 1. The minimum absolute atomic E-state index is 0.277. The van der Waals surface area contributed by atoms with Crippen LogP contribution in [0.5, 0.6) is 11.5 Å². The van der Waals surface area contributed by atoms with E-state index in [-0.39, 0.29) is 6.61 Å². The SMILES string of the molecule is COc1ccc(CN2CCN(C(C)C)CC2)cc1OCC(O)CN1CCN(C)CC1. The van der Waals surface area contributed by atoms with Crippen LogP contribution in [0.1, 0.15) is 19.4 Å². The smallest absolute Gasteiger partial charge is 0.161 e. The fourth-order valence-corrected chi connectivity index (χ4v) is 4.20. The van der Waals surface area contributed by atoms with E-state index in [1.54, 1.807) is 7.11 Å². The van der Waals surface area contributed by atoms with E-state index in [4.69, 9.17) is 9.47 Å². The maximum atomic E-state index is 10.5. The molecule has 7 heteroatoms. The first-order valence-corrected chi connectivity index (χ1v) is 11.3. The number of aliphatic hydroxyl groups excluding tert-OH is 1. The Morgan fingerprint density at radius 1 is 0.933 bits per heavy atom. The Labute approximate surface area is 182 Å². The van der Waals surface area contributed by atoms with Crippen molar-refractivity contribution in [3.05, 3.63) is 23.8 Å². The zero-order chi connectivity index (χ0) is 21.5. The first-order valence-electron chi connectivity index (χ1n) is 11.3. The number of hydrogen-bond acceptors (Lipinski definition) is 7. The van der Waals surface area contributed by atoms with Crippen molar-refractivity contribution >= 4 is 0 Å². The van der Waals surface area contributed by atoms with Gasteiger partial charge in [-0.3, -0.25) is 14.7 Å². The second-order valence-electron chi connectivity index (χ2n) is 8.96. The lowest BCUT2D eigenvalue weighted by molar-refractivity contribution is 0.0497. The number of likely N-dealkylation sites (N-methyl/N-ethyl adjacent to an activating group) is 1. The molecule has 2 fully saturated rings. The maximum absolute atomic E-state index is 10.5. The topological polar surface area (TPSA) is 51.7 Å². The summed E-state index contributed by atoms with van der Waals surface area (Å²) in [6.45, 7) is 14.9. The Kier molecular flexibility index (Phi) is 8.77. The van der Waals surface area contributed by atoms with Gasteiger partial charge in [-0.1, -0.05) is 6.07 Å². The second-order valence-corrected chi connectivity index (χ2v) is 8.96. The summed E-state index contributed by atoms with van der Waals surface area (Å²) in [5.41, 5.74) is 1.22. The number of ether oxygens (including phenoxy) is 2. The molecule has 170 valence electrons. The van der Waals surface area contributed by atoms with Gasteiger partial charge in [0.15, 0.2) is 11.5 Å². The number of nitrogens with zero attached hydrogens (tertiary/aromatic N) is 4. The van der Waals surface area contributed by atoms with Gasteiger partial charge in [0.05, 0.1) is 7.11 Å². The zero-order valence-corrected chi connectivity index (χ0v) is 19.2. The molecule has 1 unspecified atom stereocenters. The van der Waals surface area contributed by atoms with Crippen LogP contribution >= 0.6 is 0 Å². The van der Waals surface area contributed by atoms with Gasteiger partial charge in [0.25, 0.3) is 0 Å². The summed E-state index contributed by atoms with van der Waals surface area (Å²) in [6.07, 6.45) is -0.508. The van der Waals surface area contributed by atoms with Crippen LogP contribution in [-0.2, 0) is 6.54 Å². The minimum atomic E-state index is -0.508. The van der Waals surface area contributed by atoms with Gasteiger partial charge in [0, 0.05) is 71.5 Å². The molecule has 0 amide bonds. The summed E-state index contributed by atoms with van der Waals surface area (Å²) in [7, 11) is 3.80. The highest BCUT2D eigenvalue weighted by atomic mass is 16.5. The van der Waals surface area contributed by atoms with Gasteiger partial charge in [0.1, 0.15) is 12.7 Å². The predicted molar refractivity (Wildman–Crippen MR) is 120 cm³/mol. The van der Waals surface area contributed by atoms with Gasteiger partial charge in [0.2, 0.25) is 0 Å². The van der Waals surface area contributed by atoms with Crippen LogP contribution in [0.4, 0.5) is 0 Å². The molecule has 1 aromatic rings. The van der Waals surface area contributed by atoms with Crippen molar-refractivity contribution in [3.63, 3.8) is 0 Å². The third-order valence-corrected chi connectivity index (χ3v) is 6.27. The zero-order valence-electron chi connectivity index (χ0n) is 19.2. The molecule has 0 spiro atoms. The van der Waals surface area contributed by atoms with Crippen molar-refractivity contribution in [1.82, 2.24) is 19.6 Å². The van der Waals surface area contributed by atoms with E-state index in [0.717, 1.165) is 64.7 Å². The Bertz CT molecular complexity index is 641. The Morgan fingerprint density at radius 3 is 2.23 bits per heavy atom. The first kappa shape index (κ1) is 23.3. The van der Waals surface area contributed by atoms with Crippen molar-refractivity contribution in [1.29, 1.82) is 0 Å². The molecule has 30 heavy (non-hydrogen) atoms. The van der Waals surface area contributed by atoms with Crippen molar-refractivity contribution in [2.45, 2.75) is 32.5 Å². The lowest BCUT2D eigenvalue weighted by Crippen LogP contribution is -2.48. The van der Waals surface area contributed by atoms with Gasteiger partial charge in [-0.2, -0.15) is 0 Å². The average Bonchev–Trinajstić information content (AvgIpc) is 2.74. The molecule has 0 aromatic heterocycles. The van der Waals surface area contributed by atoms with Crippen LogP contribution in [0.15, 0.2) is 18.2 Å². The fourth-order valence-electron chi connectivity index (χ4n) is 4.20.